The maximum atomic E-state index is 11.9. The third kappa shape index (κ3) is 2.70. The Labute approximate surface area is 131 Å². The molecule has 0 bridgehead atoms. The molecule has 96 valence electrons. The maximum absolute atomic E-state index is 11.9. The van der Waals surface area contributed by atoms with Crippen LogP contribution >= 0.6 is 49.9 Å². The first-order valence-corrected chi connectivity index (χ1v) is 8.15. The van der Waals surface area contributed by atoms with Crippen molar-refractivity contribution in [2.45, 2.75) is 26.7 Å². The topological polar surface area (TPSA) is 45.8 Å². The van der Waals surface area contributed by atoms with E-state index in [2.05, 4.69) is 48.5 Å². The molecule has 0 amide bonds. The summed E-state index contributed by atoms with van der Waals surface area (Å²) in [4.78, 5) is 21.5. The van der Waals surface area contributed by atoms with E-state index in [1.54, 1.807) is 11.3 Å². The quantitative estimate of drug-likeness (QED) is 0.710. The van der Waals surface area contributed by atoms with Gasteiger partial charge in [0.15, 0.2) is 5.82 Å². The molecule has 0 saturated carbocycles. The van der Waals surface area contributed by atoms with Crippen molar-refractivity contribution >= 4 is 49.9 Å². The predicted octanol–water partition coefficient (Wildman–Crippen LogP) is 4.30. The second-order valence-corrected chi connectivity index (χ2v) is 7.47. The fourth-order valence-corrected chi connectivity index (χ4v) is 3.91. The van der Waals surface area contributed by atoms with Gasteiger partial charge in [0.1, 0.15) is 0 Å². The first kappa shape index (κ1) is 14.2. The van der Waals surface area contributed by atoms with Crippen molar-refractivity contribution < 1.29 is 0 Å². The van der Waals surface area contributed by atoms with Gasteiger partial charge in [-0.2, -0.15) is 0 Å². The molecule has 3 nitrogen and oxygen atoms in total. The molecule has 18 heavy (non-hydrogen) atoms. The molecule has 0 aliphatic heterocycles. The number of halogens is 2. The van der Waals surface area contributed by atoms with Crippen molar-refractivity contribution in [2.75, 3.05) is 0 Å². The molecule has 2 aromatic rings. The third-order valence-electron chi connectivity index (χ3n) is 2.53. The van der Waals surface area contributed by atoms with E-state index in [-0.39, 0.29) is 11.5 Å². The van der Waals surface area contributed by atoms with Gasteiger partial charge >= 0.3 is 0 Å². The van der Waals surface area contributed by atoms with Crippen LogP contribution in [0.1, 0.15) is 30.3 Å². The number of H-pyrrole nitrogens is 1. The maximum Gasteiger partial charge on any atom is 0.264 e. The summed E-state index contributed by atoms with van der Waals surface area (Å²) in [6.07, 6.45) is 0. The van der Waals surface area contributed by atoms with E-state index < -0.39 is 0 Å². The summed E-state index contributed by atoms with van der Waals surface area (Å²) in [5, 5.41) is 0. The zero-order valence-electron chi connectivity index (χ0n) is 10.2. The molecule has 1 N–H and O–H groups in total. The van der Waals surface area contributed by atoms with Crippen molar-refractivity contribution in [3.8, 4) is 10.7 Å². The second kappa shape index (κ2) is 5.42. The fourth-order valence-electron chi connectivity index (χ4n) is 1.55. The monoisotopic (exact) mass is 438 g/mol. The SMILES string of the molecule is Cc1sc(-c2nc(C(C)C)c(I)c(=O)[nH]2)cc1Br. The van der Waals surface area contributed by atoms with Crippen molar-refractivity contribution in [3.05, 3.63) is 35.0 Å². The van der Waals surface area contributed by atoms with E-state index >= 15 is 0 Å². The lowest BCUT2D eigenvalue weighted by Gasteiger charge is -2.08. The summed E-state index contributed by atoms with van der Waals surface area (Å²) in [6.45, 7) is 6.12. The molecule has 0 unspecified atom stereocenters. The Balaban J connectivity index is 2.62. The molecular formula is C12H12BrIN2OS. The molecule has 0 radical (unpaired) electrons. The Morgan fingerprint density at radius 2 is 2.17 bits per heavy atom. The van der Waals surface area contributed by atoms with Gasteiger partial charge in [0.05, 0.1) is 14.1 Å². The first-order valence-electron chi connectivity index (χ1n) is 5.46. The van der Waals surface area contributed by atoms with Crippen LogP contribution in [-0.4, -0.2) is 9.97 Å². The standard InChI is InChI=1S/C12H12BrIN2OS/c1-5(2)10-9(14)12(17)16-11(15-10)8-4-7(13)6(3)18-8/h4-5H,1-3H3,(H,15,16,17). The Kier molecular flexibility index (Phi) is 4.28. The summed E-state index contributed by atoms with van der Waals surface area (Å²) in [5.74, 6) is 0.894. The van der Waals surface area contributed by atoms with Crippen LogP contribution in [0.2, 0.25) is 0 Å². The van der Waals surface area contributed by atoms with E-state index in [4.69, 9.17) is 0 Å². The van der Waals surface area contributed by atoms with Gasteiger partial charge < -0.3 is 4.98 Å². The van der Waals surface area contributed by atoms with Gasteiger partial charge in [-0.25, -0.2) is 4.98 Å². The van der Waals surface area contributed by atoms with Crippen molar-refractivity contribution in [3.63, 3.8) is 0 Å². The van der Waals surface area contributed by atoms with Crippen molar-refractivity contribution in [2.24, 2.45) is 0 Å². The Morgan fingerprint density at radius 1 is 1.50 bits per heavy atom. The van der Waals surface area contributed by atoms with Gasteiger partial charge in [-0.3, -0.25) is 4.79 Å². The highest BCUT2D eigenvalue weighted by Gasteiger charge is 2.14. The number of aromatic amines is 1. The molecule has 0 aliphatic carbocycles. The number of rotatable bonds is 2. The van der Waals surface area contributed by atoms with Gasteiger partial charge in [-0.15, -0.1) is 11.3 Å². The molecule has 0 atom stereocenters. The van der Waals surface area contributed by atoms with E-state index in [0.29, 0.717) is 9.39 Å². The zero-order chi connectivity index (χ0) is 13.4. The van der Waals surface area contributed by atoms with Crippen LogP contribution in [0.15, 0.2) is 15.3 Å². The Hall–Kier alpha value is -0.210. The van der Waals surface area contributed by atoms with Crippen LogP contribution in [0.25, 0.3) is 10.7 Å². The minimum absolute atomic E-state index is 0.0634. The normalized spacial score (nSPS) is 11.2. The molecule has 0 spiro atoms. The number of thiophene rings is 1. The average molecular weight is 439 g/mol. The van der Waals surface area contributed by atoms with Gasteiger partial charge in [0, 0.05) is 9.35 Å². The van der Waals surface area contributed by atoms with Crippen LogP contribution in [0, 0.1) is 10.5 Å². The van der Waals surface area contributed by atoms with Crippen molar-refractivity contribution in [1.82, 2.24) is 9.97 Å². The van der Waals surface area contributed by atoms with Crippen molar-refractivity contribution in [1.29, 1.82) is 0 Å². The second-order valence-electron chi connectivity index (χ2n) is 4.28. The van der Waals surface area contributed by atoms with Gasteiger partial charge in [-0.05, 0) is 57.4 Å². The van der Waals surface area contributed by atoms with Crippen LogP contribution < -0.4 is 5.56 Å². The van der Waals surface area contributed by atoms with Gasteiger partial charge in [-0.1, -0.05) is 13.8 Å². The zero-order valence-corrected chi connectivity index (χ0v) is 14.7. The van der Waals surface area contributed by atoms with Crippen LogP contribution in [0.3, 0.4) is 0 Å². The van der Waals surface area contributed by atoms with E-state index in [1.165, 1.54) is 4.88 Å². The molecule has 2 rings (SSSR count). The average Bonchev–Trinajstić information content (AvgIpc) is 2.62. The summed E-state index contributed by atoms with van der Waals surface area (Å²) in [7, 11) is 0. The highest BCUT2D eigenvalue weighted by molar-refractivity contribution is 14.1. The summed E-state index contributed by atoms with van der Waals surface area (Å²) in [6, 6.07) is 2.00. The number of aryl methyl sites for hydroxylation is 1. The summed E-state index contributed by atoms with van der Waals surface area (Å²) in [5.41, 5.74) is 0.794. The molecule has 0 aromatic carbocycles. The van der Waals surface area contributed by atoms with Gasteiger partial charge in [0.2, 0.25) is 0 Å². The van der Waals surface area contributed by atoms with E-state index in [0.717, 1.165) is 15.0 Å². The lowest BCUT2D eigenvalue weighted by molar-refractivity contribution is 0.803. The highest BCUT2D eigenvalue weighted by Crippen LogP contribution is 2.32. The number of nitrogens with zero attached hydrogens (tertiary/aromatic N) is 1. The highest BCUT2D eigenvalue weighted by atomic mass is 127. The lowest BCUT2D eigenvalue weighted by atomic mass is 10.1. The van der Waals surface area contributed by atoms with Gasteiger partial charge in [0.25, 0.3) is 5.56 Å². The summed E-state index contributed by atoms with van der Waals surface area (Å²) >= 11 is 7.16. The molecule has 0 saturated heterocycles. The third-order valence-corrected chi connectivity index (χ3v) is 5.71. The largest absolute Gasteiger partial charge is 0.305 e. The Morgan fingerprint density at radius 3 is 2.67 bits per heavy atom. The first-order chi connectivity index (χ1) is 8.40. The summed E-state index contributed by atoms with van der Waals surface area (Å²) < 4.78 is 1.73. The lowest BCUT2D eigenvalue weighted by Crippen LogP contribution is -2.16. The molecule has 0 fully saturated rings. The molecule has 0 aliphatic rings. The number of hydrogen-bond donors (Lipinski definition) is 1. The van der Waals surface area contributed by atoms with E-state index in [1.807, 2.05) is 26.8 Å². The smallest absolute Gasteiger partial charge is 0.264 e. The fraction of sp³-hybridized carbons (Fsp3) is 0.333. The molecule has 6 heteroatoms. The molecular weight excluding hydrogens is 427 g/mol. The van der Waals surface area contributed by atoms with Crippen LogP contribution in [0.4, 0.5) is 0 Å². The number of hydrogen-bond acceptors (Lipinski definition) is 3. The Bertz CT molecular complexity index is 629. The minimum Gasteiger partial charge on any atom is -0.305 e. The molecule has 2 aromatic heterocycles. The number of nitrogens with one attached hydrogen (secondary N) is 1. The molecule has 2 heterocycles. The number of aromatic nitrogens is 2. The van der Waals surface area contributed by atoms with Crippen LogP contribution in [-0.2, 0) is 0 Å². The van der Waals surface area contributed by atoms with E-state index in [9.17, 15) is 4.79 Å². The predicted molar refractivity (Wildman–Crippen MR) is 87.4 cm³/mol. The van der Waals surface area contributed by atoms with Crippen LogP contribution in [0.5, 0.6) is 0 Å². The minimum atomic E-state index is -0.0634.